The van der Waals surface area contributed by atoms with Crippen LogP contribution in [-0.2, 0) is 0 Å². The molecule has 0 saturated carbocycles. The summed E-state index contributed by atoms with van der Waals surface area (Å²) in [6.45, 7) is 4.32. The summed E-state index contributed by atoms with van der Waals surface area (Å²) in [4.78, 5) is 0. The first-order chi connectivity index (χ1) is 8.63. The van der Waals surface area contributed by atoms with Crippen LogP contribution in [0.5, 0.6) is 0 Å². The molecule has 0 fully saturated rings. The lowest BCUT2D eigenvalue weighted by Crippen LogP contribution is -2.19. The van der Waals surface area contributed by atoms with Crippen molar-refractivity contribution in [3.05, 3.63) is 68.3 Å². The Morgan fingerprint density at radius 1 is 1.00 bits per heavy atom. The number of hydrogen-bond acceptors (Lipinski definition) is 1. The van der Waals surface area contributed by atoms with Gasteiger partial charge in [-0.25, -0.2) is 0 Å². The first-order valence-electron chi connectivity index (χ1n) is 6.12. The molecule has 0 heterocycles. The minimum Gasteiger partial charge on any atom is -0.309 e. The van der Waals surface area contributed by atoms with Gasteiger partial charge in [-0.2, -0.15) is 0 Å². The van der Waals surface area contributed by atoms with E-state index in [-0.39, 0.29) is 6.04 Å². The molecule has 1 atom stereocenters. The number of hydrogen-bond donors (Lipinski definition) is 1. The zero-order valence-electron chi connectivity index (χ0n) is 11.0. The van der Waals surface area contributed by atoms with Crippen molar-refractivity contribution in [3.8, 4) is 0 Å². The Kier molecular flexibility index (Phi) is 4.40. The van der Waals surface area contributed by atoms with Gasteiger partial charge in [0, 0.05) is 3.57 Å². The maximum Gasteiger partial charge on any atom is 0.0587 e. The van der Waals surface area contributed by atoms with E-state index in [1.165, 1.54) is 25.8 Å². The van der Waals surface area contributed by atoms with Crippen LogP contribution in [0.2, 0.25) is 0 Å². The lowest BCUT2D eigenvalue weighted by Gasteiger charge is -2.21. The Morgan fingerprint density at radius 3 is 2.33 bits per heavy atom. The third-order valence-electron chi connectivity index (χ3n) is 3.24. The van der Waals surface area contributed by atoms with Gasteiger partial charge in [0.25, 0.3) is 0 Å². The summed E-state index contributed by atoms with van der Waals surface area (Å²) in [6, 6.07) is 15.5. The van der Waals surface area contributed by atoms with E-state index in [1.54, 1.807) is 0 Å². The summed E-state index contributed by atoms with van der Waals surface area (Å²) in [5.41, 5.74) is 5.35. The number of halogens is 1. The van der Waals surface area contributed by atoms with Crippen molar-refractivity contribution in [2.45, 2.75) is 19.9 Å². The van der Waals surface area contributed by atoms with E-state index in [9.17, 15) is 0 Å². The highest BCUT2D eigenvalue weighted by Gasteiger charge is 2.16. The Bertz CT molecular complexity index is 549. The first kappa shape index (κ1) is 13.6. The highest BCUT2D eigenvalue weighted by Crippen LogP contribution is 2.28. The number of rotatable bonds is 3. The summed E-state index contributed by atoms with van der Waals surface area (Å²) < 4.78 is 1.30. The molecule has 1 nitrogen and oxygen atoms in total. The standard InChI is InChI=1S/C16H18IN/c1-11-8-9-13(12(2)10-11)16(18-3)14-6-4-5-7-15(14)17/h4-10,16,18H,1-3H3. The van der Waals surface area contributed by atoms with Crippen molar-refractivity contribution in [1.82, 2.24) is 5.32 Å². The molecule has 18 heavy (non-hydrogen) atoms. The van der Waals surface area contributed by atoms with Gasteiger partial charge in [0.2, 0.25) is 0 Å². The zero-order valence-corrected chi connectivity index (χ0v) is 13.2. The third kappa shape index (κ3) is 2.75. The second kappa shape index (κ2) is 5.85. The van der Waals surface area contributed by atoms with Gasteiger partial charge in [-0.15, -0.1) is 0 Å². The molecule has 0 aliphatic carbocycles. The molecule has 2 rings (SSSR count). The van der Waals surface area contributed by atoms with Crippen LogP contribution in [0.4, 0.5) is 0 Å². The second-order valence-corrected chi connectivity index (χ2v) is 5.77. The molecule has 0 radical (unpaired) electrons. The molecule has 1 N–H and O–H groups in total. The first-order valence-corrected chi connectivity index (χ1v) is 7.20. The average molecular weight is 351 g/mol. The normalized spacial score (nSPS) is 12.4. The Balaban J connectivity index is 2.49. The van der Waals surface area contributed by atoms with Gasteiger partial charge in [-0.1, -0.05) is 42.0 Å². The van der Waals surface area contributed by atoms with Gasteiger partial charge in [0.1, 0.15) is 0 Å². The topological polar surface area (TPSA) is 12.0 Å². The molecule has 94 valence electrons. The van der Waals surface area contributed by atoms with Gasteiger partial charge >= 0.3 is 0 Å². The summed E-state index contributed by atoms with van der Waals surface area (Å²) >= 11 is 2.40. The van der Waals surface area contributed by atoms with Crippen LogP contribution in [0.25, 0.3) is 0 Å². The summed E-state index contributed by atoms with van der Waals surface area (Å²) in [5.74, 6) is 0. The molecule has 0 aliphatic heterocycles. The fourth-order valence-corrected chi connectivity index (χ4v) is 3.04. The molecule has 0 saturated heterocycles. The lowest BCUT2D eigenvalue weighted by molar-refractivity contribution is 0.684. The van der Waals surface area contributed by atoms with Crippen molar-refractivity contribution in [2.75, 3.05) is 7.05 Å². The Morgan fingerprint density at radius 2 is 1.72 bits per heavy atom. The molecule has 0 amide bonds. The van der Waals surface area contributed by atoms with E-state index in [0.29, 0.717) is 0 Å². The number of aryl methyl sites for hydroxylation is 2. The highest BCUT2D eigenvalue weighted by molar-refractivity contribution is 14.1. The van der Waals surface area contributed by atoms with Crippen molar-refractivity contribution in [2.24, 2.45) is 0 Å². The predicted molar refractivity (Wildman–Crippen MR) is 86.0 cm³/mol. The minimum absolute atomic E-state index is 0.263. The molecular weight excluding hydrogens is 333 g/mol. The summed E-state index contributed by atoms with van der Waals surface area (Å²) in [6.07, 6.45) is 0. The van der Waals surface area contributed by atoms with Crippen LogP contribution in [0.1, 0.15) is 28.3 Å². The highest BCUT2D eigenvalue weighted by atomic mass is 127. The Hall–Kier alpha value is -0.870. The van der Waals surface area contributed by atoms with Crippen molar-refractivity contribution in [3.63, 3.8) is 0 Å². The fraction of sp³-hybridized carbons (Fsp3) is 0.250. The summed E-state index contributed by atoms with van der Waals surface area (Å²) in [5, 5.41) is 3.43. The van der Waals surface area contributed by atoms with Gasteiger partial charge in [0.15, 0.2) is 0 Å². The monoisotopic (exact) mass is 351 g/mol. The van der Waals surface area contributed by atoms with E-state index in [4.69, 9.17) is 0 Å². The van der Waals surface area contributed by atoms with E-state index in [1.807, 2.05) is 7.05 Å². The molecule has 0 aliphatic rings. The molecule has 2 aromatic rings. The maximum absolute atomic E-state index is 3.43. The quantitative estimate of drug-likeness (QED) is 0.817. The van der Waals surface area contributed by atoms with E-state index in [2.05, 4.69) is 84.2 Å². The van der Waals surface area contributed by atoms with Crippen molar-refractivity contribution in [1.29, 1.82) is 0 Å². The minimum atomic E-state index is 0.263. The molecular formula is C16H18IN. The van der Waals surface area contributed by atoms with Crippen LogP contribution in [0.3, 0.4) is 0 Å². The van der Waals surface area contributed by atoms with E-state index < -0.39 is 0 Å². The van der Waals surface area contributed by atoms with Crippen molar-refractivity contribution < 1.29 is 0 Å². The predicted octanol–water partition coefficient (Wildman–Crippen LogP) is 4.22. The van der Waals surface area contributed by atoms with Crippen LogP contribution < -0.4 is 5.32 Å². The van der Waals surface area contributed by atoms with Crippen LogP contribution in [-0.4, -0.2) is 7.05 Å². The lowest BCUT2D eigenvalue weighted by atomic mass is 9.94. The zero-order chi connectivity index (χ0) is 13.1. The fourth-order valence-electron chi connectivity index (χ4n) is 2.34. The second-order valence-electron chi connectivity index (χ2n) is 4.60. The largest absolute Gasteiger partial charge is 0.309 e. The van der Waals surface area contributed by atoms with E-state index in [0.717, 1.165) is 0 Å². The number of benzene rings is 2. The van der Waals surface area contributed by atoms with Gasteiger partial charge < -0.3 is 5.32 Å². The Labute approximate surface area is 123 Å². The van der Waals surface area contributed by atoms with Gasteiger partial charge in [-0.3, -0.25) is 0 Å². The molecule has 1 unspecified atom stereocenters. The molecule has 0 aromatic heterocycles. The molecule has 2 aromatic carbocycles. The summed E-state index contributed by atoms with van der Waals surface area (Å²) in [7, 11) is 2.02. The van der Waals surface area contributed by atoms with Crippen LogP contribution >= 0.6 is 22.6 Å². The maximum atomic E-state index is 3.43. The van der Waals surface area contributed by atoms with Crippen LogP contribution in [0, 0.1) is 17.4 Å². The molecule has 0 bridgehead atoms. The average Bonchev–Trinajstić information content (AvgIpc) is 2.34. The van der Waals surface area contributed by atoms with Crippen LogP contribution in [0.15, 0.2) is 42.5 Å². The van der Waals surface area contributed by atoms with Gasteiger partial charge in [-0.05, 0) is 66.2 Å². The SMILES string of the molecule is CNC(c1ccc(C)cc1C)c1ccccc1I. The molecule has 0 spiro atoms. The van der Waals surface area contributed by atoms with E-state index >= 15 is 0 Å². The number of nitrogens with one attached hydrogen (secondary N) is 1. The third-order valence-corrected chi connectivity index (χ3v) is 4.22. The smallest absolute Gasteiger partial charge is 0.0587 e. The molecule has 2 heteroatoms. The van der Waals surface area contributed by atoms with Crippen molar-refractivity contribution >= 4 is 22.6 Å². The van der Waals surface area contributed by atoms with Gasteiger partial charge in [0.05, 0.1) is 6.04 Å².